The van der Waals surface area contributed by atoms with Gasteiger partial charge in [-0.15, -0.1) is 0 Å². The molecule has 0 heterocycles. The predicted octanol–water partition coefficient (Wildman–Crippen LogP) is 5.88. The normalized spacial score (nSPS) is 11.6. The van der Waals surface area contributed by atoms with E-state index in [-0.39, 0.29) is 5.41 Å². The summed E-state index contributed by atoms with van der Waals surface area (Å²) in [5.41, 5.74) is 3.80. The fourth-order valence-electron chi connectivity index (χ4n) is 2.49. The fraction of sp³-hybridized carbons (Fsp3) is 0.200. The topological polar surface area (TPSA) is 12.0 Å². The zero-order valence-electron chi connectivity index (χ0n) is 12.9. The molecule has 3 rings (SSSR count). The predicted molar refractivity (Wildman–Crippen MR) is 92.4 cm³/mol. The summed E-state index contributed by atoms with van der Waals surface area (Å²) in [7, 11) is 0. The molecule has 3 aromatic rings. The molecule has 0 amide bonds. The minimum Gasteiger partial charge on any atom is -0.356 e. The van der Waals surface area contributed by atoms with E-state index in [1.54, 1.807) is 0 Å². The van der Waals surface area contributed by atoms with E-state index < -0.39 is 0 Å². The van der Waals surface area contributed by atoms with Gasteiger partial charge in [-0.1, -0.05) is 63.2 Å². The number of benzene rings is 3. The maximum atomic E-state index is 3.47. The Labute approximate surface area is 126 Å². The molecule has 0 saturated carbocycles. The van der Waals surface area contributed by atoms with E-state index in [1.165, 1.54) is 16.3 Å². The SMILES string of the molecule is CC(C)(C)c1ccc(Nc2ccc3ccccc3c2)cc1. The van der Waals surface area contributed by atoms with E-state index >= 15 is 0 Å². The molecule has 0 aliphatic rings. The number of fused-ring (bicyclic) bond motifs is 1. The number of rotatable bonds is 2. The first-order valence-electron chi connectivity index (χ1n) is 7.39. The van der Waals surface area contributed by atoms with Crippen LogP contribution in [0, 0.1) is 0 Å². The van der Waals surface area contributed by atoms with E-state index in [4.69, 9.17) is 0 Å². The summed E-state index contributed by atoms with van der Waals surface area (Å²) >= 11 is 0. The van der Waals surface area contributed by atoms with Gasteiger partial charge in [0.1, 0.15) is 0 Å². The van der Waals surface area contributed by atoms with Crippen molar-refractivity contribution in [2.24, 2.45) is 0 Å². The Hall–Kier alpha value is -2.28. The lowest BCUT2D eigenvalue weighted by Gasteiger charge is -2.19. The molecule has 0 unspecified atom stereocenters. The maximum Gasteiger partial charge on any atom is 0.0390 e. The van der Waals surface area contributed by atoms with Crippen LogP contribution < -0.4 is 5.32 Å². The molecule has 1 heteroatoms. The molecule has 0 spiro atoms. The molecule has 0 aliphatic carbocycles. The summed E-state index contributed by atoms with van der Waals surface area (Å²) < 4.78 is 0. The molecular weight excluding hydrogens is 254 g/mol. The summed E-state index contributed by atoms with van der Waals surface area (Å²) in [4.78, 5) is 0. The van der Waals surface area contributed by atoms with Gasteiger partial charge in [0.25, 0.3) is 0 Å². The van der Waals surface area contributed by atoms with Crippen molar-refractivity contribution in [3.05, 3.63) is 72.3 Å². The third-order valence-corrected chi connectivity index (χ3v) is 3.79. The van der Waals surface area contributed by atoms with E-state index in [9.17, 15) is 0 Å². The molecule has 3 aromatic carbocycles. The van der Waals surface area contributed by atoms with Gasteiger partial charge in [-0.25, -0.2) is 0 Å². The van der Waals surface area contributed by atoms with Gasteiger partial charge in [-0.3, -0.25) is 0 Å². The van der Waals surface area contributed by atoms with Crippen molar-refractivity contribution < 1.29 is 0 Å². The third kappa shape index (κ3) is 3.08. The second-order valence-corrected chi connectivity index (χ2v) is 6.51. The molecule has 0 saturated heterocycles. The summed E-state index contributed by atoms with van der Waals surface area (Å²) in [5.74, 6) is 0. The third-order valence-electron chi connectivity index (χ3n) is 3.79. The molecule has 0 aliphatic heterocycles. The van der Waals surface area contributed by atoms with Gasteiger partial charge in [0, 0.05) is 11.4 Å². The van der Waals surface area contributed by atoms with Crippen molar-refractivity contribution in [3.8, 4) is 0 Å². The summed E-state index contributed by atoms with van der Waals surface area (Å²) in [6.45, 7) is 6.70. The number of hydrogen-bond acceptors (Lipinski definition) is 1. The Morgan fingerprint density at radius 3 is 1.95 bits per heavy atom. The van der Waals surface area contributed by atoms with Crippen LogP contribution in [0.1, 0.15) is 26.3 Å². The van der Waals surface area contributed by atoms with Crippen LogP contribution >= 0.6 is 0 Å². The van der Waals surface area contributed by atoms with E-state index in [0.29, 0.717) is 0 Å². The highest BCUT2D eigenvalue weighted by Crippen LogP contribution is 2.26. The van der Waals surface area contributed by atoms with Gasteiger partial charge in [0.05, 0.1) is 0 Å². The molecule has 0 radical (unpaired) electrons. The quantitative estimate of drug-likeness (QED) is 0.615. The molecule has 1 nitrogen and oxygen atoms in total. The van der Waals surface area contributed by atoms with Crippen LogP contribution in [0.4, 0.5) is 11.4 Å². The number of anilines is 2. The van der Waals surface area contributed by atoms with Gasteiger partial charge >= 0.3 is 0 Å². The van der Waals surface area contributed by atoms with Crippen LogP contribution in [0.25, 0.3) is 10.8 Å². The van der Waals surface area contributed by atoms with Gasteiger partial charge in [0.15, 0.2) is 0 Å². The van der Waals surface area contributed by atoms with Crippen molar-refractivity contribution in [2.45, 2.75) is 26.2 Å². The van der Waals surface area contributed by atoms with Crippen molar-refractivity contribution in [1.82, 2.24) is 0 Å². The Morgan fingerprint density at radius 2 is 1.29 bits per heavy atom. The molecular formula is C20H21N. The van der Waals surface area contributed by atoms with Crippen molar-refractivity contribution >= 4 is 22.1 Å². The van der Waals surface area contributed by atoms with Crippen LogP contribution in [0.2, 0.25) is 0 Å². The zero-order chi connectivity index (χ0) is 14.9. The Kier molecular flexibility index (Phi) is 3.42. The summed E-state index contributed by atoms with van der Waals surface area (Å²) in [6, 6.07) is 23.6. The molecule has 0 bridgehead atoms. The Balaban J connectivity index is 1.84. The Morgan fingerprint density at radius 1 is 0.667 bits per heavy atom. The second-order valence-electron chi connectivity index (χ2n) is 6.51. The summed E-state index contributed by atoms with van der Waals surface area (Å²) in [6.07, 6.45) is 0. The van der Waals surface area contributed by atoms with Crippen LogP contribution in [-0.2, 0) is 5.41 Å². The lowest BCUT2D eigenvalue weighted by Crippen LogP contribution is -2.10. The first kappa shape index (κ1) is 13.7. The van der Waals surface area contributed by atoms with Crippen molar-refractivity contribution in [3.63, 3.8) is 0 Å². The van der Waals surface area contributed by atoms with Crippen LogP contribution in [0.15, 0.2) is 66.7 Å². The Bertz CT molecular complexity index is 749. The highest BCUT2D eigenvalue weighted by Gasteiger charge is 2.12. The highest BCUT2D eigenvalue weighted by atomic mass is 14.9. The molecule has 21 heavy (non-hydrogen) atoms. The smallest absolute Gasteiger partial charge is 0.0390 e. The minimum absolute atomic E-state index is 0.196. The van der Waals surface area contributed by atoms with Gasteiger partial charge < -0.3 is 5.32 Å². The van der Waals surface area contributed by atoms with Crippen LogP contribution in [0.3, 0.4) is 0 Å². The molecule has 0 atom stereocenters. The first-order valence-corrected chi connectivity index (χ1v) is 7.39. The average molecular weight is 275 g/mol. The monoisotopic (exact) mass is 275 g/mol. The van der Waals surface area contributed by atoms with Gasteiger partial charge in [-0.2, -0.15) is 0 Å². The van der Waals surface area contributed by atoms with Crippen LogP contribution in [-0.4, -0.2) is 0 Å². The van der Waals surface area contributed by atoms with E-state index in [1.807, 2.05) is 0 Å². The van der Waals surface area contributed by atoms with Gasteiger partial charge in [-0.05, 0) is 46.0 Å². The molecule has 0 aromatic heterocycles. The lowest BCUT2D eigenvalue weighted by molar-refractivity contribution is 0.590. The average Bonchev–Trinajstić information content (AvgIpc) is 2.47. The first-order chi connectivity index (χ1) is 10.0. The highest BCUT2D eigenvalue weighted by molar-refractivity contribution is 5.86. The van der Waals surface area contributed by atoms with Crippen LogP contribution in [0.5, 0.6) is 0 Å². The minimum atomic E-state index is 0.196. The fourth-order valence-corrected chi connectivity index (χ4v) is 2.49. The van der Waals surface area contributed by atoms with Crippen molar-refractivity contribution in [1.29, 1.82) is 0 Å². The van der Waals surface area contributed by atoms with E-state index in [0.717, 1.165) is 11.4 Å². The maximum absolute atomic E-state index is 3.47. The van der Waals surface area contributed by atoms with E-state index in [2.05, 4.69) is 92.8 Å². The molecule has 0 fully saturated rings. The molecule has 1 N–H and O–H groups in total. The van der Waals surface area contributed by atoms with Gasteiger partial charge in [0.2, 0.25) is 0 Å². The second kappa shape index (κ2) is 5.25. The van der Waals surface area contributed by atoms with Crippen molar-refractivity contribution in [2.75, 3.05) is 5.32 Å². The molecule has 106 valence electrons. The lowest BCUT2D eigenvalue weighted by atomic mass is 9.87. The largest absolute Gasteiger partial charge is 0.356 e. The standard InChI is InChI=1S/C20H21N/c1-20(2,3)17-9-12-18(13-10-17)21-19-11-8-15-6-4-5-7-16(15)14-19/h4-14,21H,1-3H3. The number of nitrogens with one attached hydrogen (secondary N) is 1. The summed E-state index contributed by atoms with van der Waals surface area (Å²) in [5, 5.41) is 6.00. The zero-order valence-corrected chi connectivity index (χ0v) is 12.9. The number of hydrogen-bond donors (Lipinski definition) is 1.